The summed E-state index contributed by atoms with van der Waals surface area (Å²) in [5.41, 5.74) is 4.41. The van der Waals surface area contributed by atoms with E-state index < -0.39 is 23.6 Å². The zero-order chi connectivity index (χ0) is 18.5. The number of para-hydroxylation sites is 1. The van der Waals surface area contributed by atoms with Gasteiger partial charge in [0.2, 0.25) is 11.8 Å². The van der Waals surface area contributed by atoms with Crippen LogP contribution in [0.25, 0.3) is 0 Å². The van der Waals surface area contributed by atoms with Crippen LogP contribution >= 0.6 is 12.4 Å². The molecule has 142 valence electrons. The molecule has 1 aromatic rings. The van der Waals surface area contributed by atoms with Crippen LogP contribution in [0.2, 0.25) is 0 Å². The highest BCUT2D eigenvalue weighted by molar-refractivity contribution is 5.95. The molecule has 0 spiro atoms. The number of benzene rings is 1. The number of carbonyl (C=O) groups is 2. The zero-order valence-corrected chi connectivity index (χ0v) is 15.1. The van der Waals surface area contributed by atoms with Crippen molar-refractivity contribution >= 4 is 29.9 Å². The van der Waals surface area contributed by atoms with Gasteiger partial charge in [0.25, 0.3) is 0 Å². The predicted octanol–water partition coefficient (Wildman–Crippen LogP) is 2.90. The molecule has 2 unspecified atom stereocenters. The topological polar surface area (TPSA) is 75.4 Å². The van der Waals surface area contributed by atoms with E-state index in [1.165, 1.54) is 23.1 Å². The van der Waals surface area contributed by atoms with E-state index >= 15 is 0 Å². The quantitative estimate of drug-likeness (QED) is 0.795. The lowest BCUT2D eigenvalue weighted by Gasteiger charge is -2.25. The number of nitrogens with zero attached hydrogens (tertiary/aromatic N) is 1. The first-order valence-corrected chi connectivity index (χ1v) is 7.58. The van der Waals surface area contributed by atoms with Gasteiger partial charge in [0, 0.05) is 12.6 Å². The van der Waals surface area contributed by atoms with E-state index in [0.29, 0.717) is 0 Å². The zero-order valence-electron chi connectivity index (χ0n) is 14.3. The van der Waals surface area contributed by atoms with Crippen LogP contribution in [0.5, 0.6) is 0 Å². The molecular formula is C16H23ClF3N3O2. The first kappa shape index (κ1) is 23.2. The van der Waals surface area contributed by atoms with Crippen molar-refractivity contribution in [1.29, 1.82) is 0 Å². The van der Waals surface area contributed by atoms with E-state index in [1.807, 2.05) is 0 Å². The van der Waals surface area contributed by atoms with Gasteiger partial charge in [-0.05, 0) is 26.0 Å². The summed E-state index contributed by atoms with van der Waals surface area (Å²) in [6, 6.07) is 4.30. The van der Waals surface area contributed by atoms with Crippen molar-refractivity contribution in [2.45, 2.75) is 33.0 Å². The average molecular weight is 382 g/mol. The van der Waals surface area contributed by atoms with Crippen LogP contribution in [0, 0.1) is 5.92 Å². The maximum Gasteiger partial charge on any atom is 0.418 e. The van der Waals surface area contributed by atoms with E-state index in [-0.39, 0.29) is 43.1 Å². The number of anilines is 1. The van der Waals surface area contributed by atoms with Gasteiger partial charge in [-0.2, -0.15) is 13.2 Å². The SMILES string of the molecule is CCN(CC(=O)Nc1ccccc1C(F)(F)F)C(=O)C(C)C(C)N.Cl. The number of alkyl halides is 3. The summed E-state index contributed by atoms with van der Waals surface area (Å²) in [7, 11) is 0. The highest BCUT2D eigenvalue weighted by Gasteiger charge is 2.33. The van der Waals surface area contributed by atoms with Crippen molar-refractivity contribution in [1.82, 2.24) is 4.90 Å². The molecule has 9 heteroatoms. The van der Waals surface area contributed by atoms with Crippen LogP contribution in [-0.2, 0) is 15.8 Å². The predicted molar refractivity (Wildman–Crippen MR) is 92.4 cm³/mol. The summed E-state index contributed by atoms with van der Waals surface area (Å²) >= 11 is 0. The molecule has 0 saturated heterocycles. The van der Waals surface area contributed by atoms with Crippen LogP contribution in [0.1, 0.15) is 26.3 Å². The molecule has 0 aliphatic rings. The minimum absolute atomic E-state index is 0. The van der Waals surface area contributed by atoms with E-state index in [1.54, 1.807) is 20.8 Å². The number of hydrogen-bond donors (Lipinski definition) is 2. The number of halogens is 4. The fourth-order valence-corrected chi connectivity index (χ4v) is 2.06. The molecule has 0 aliphatic carbocycles. The van der Waals surface area contributed by atoms with Gasteiger partial charge in [-0.25, -0.2) is 0 Å². The van der Waals surface area contributed by atoms with E-state index in [4.69, 9.17) is 5.73 Å². The van der Waals surface area contributed by atoms with Gasteiger partial charge in [-0.1, -0.05) is 19.1 Å². The summed E-state index contributed by atoms with van der Waals surface area (Å²) in [5, 5.41) is 2.22. The molecule has 0 radical (unpaired) electrons. The summed E-state index contributed by atoms with van der Waals surface area (Å²) in [4.78, 5) is 25.5. The number of nitrogens with two attached hydrogens (primary N) is 1. The largest absolute Gasteiger partial charge is 0.418 e. The molecule has 0 aromatic heterocycles. The minimum Gasteiger partial charge on any atom is -0.333 e. The van der Waals surface area contributed by atoms with Crippen LogP contribution in [0.4, 0.5) is 18.9 Å². The monoisotopic (exact) mass is 381 g/mol. The molecular weight excluding hydrogens is 359 g/mol. The molecule has 1 rings (SSSR count). The Kier molecular flexibility index (Phi) is 8.93. The Morgan fingerprint density at radius 2 is 1.80 bits per heavy atom. The molecule has 0 heterocycles. The fraction of sp³-hybridized carbons (Fsp3) is 0.500. The maximum atomic E-state index is 12.9. The smallest absolute Gasteiger partial charge is 0.333 e. The molecule has 3 N–H and O–H groups in total. The van der Waals surface area contributed by atoms with Gasteiger partial charge >= 0.3 is 6.18 Å². The van der Waals surface area contributed by atoms with Crippen LogP contribution < -0.4 is 11.1 Å². The molecule has 2 atom stereocenters. The van der Waals surface area contributed by atoms with Crippen molar-refractivity contribution < 1.29 is 22.8 Å². The second-order valence-electron chi connectivity index (χ2n) is 5.59. The minimum atomic E-state index is -4.58. The van der Waals surface area contributed by atoms with Gasteiger partial charge in [-0.15, -0.1) is 12.4 Å². The van der Waals surface area contributed by atoms with Gasteiger partial charge in [0.1, 0.15) is 0 Å². The highest BCUT2D eigenvalue weighted by Crippen LogP contribution is 2.34. The normalized spacial score (nSPS) is 13.4. The van der Waals surface area contributed by atoms with Gasteiger partial charge in [0.15, 0.2) is 0 Å². The number of nitrogens with one attached hydrogen (secondary N) is 1. The fourth-order valence-electron chi connectivity index (χ4n) is 2.06. The lowest BCUT2D eigenvalue weighted by Crippen LogP contribution is -2.44. The third-order valence-corrected chi connectivity index (χ3v) is 3.71. The number of amides is 2. The Labute approximate surface area is 151 Å². The Hall–Kier alpha value is -1.80. The Bertz CT molecular complexity index is 594. The van der Waals surface area contributed by atoms with Crippen molar-refractivity contribution in [2.75, 3.05) is 18.4 Å². The number of likely N-dealkylation sites (N-methyl/N-ethyl adjacent to an activating group) is 1. The molecule has 2 amide bonds. The Morgan fingerprint density at radius 1 is 1.24 bits per heavy atom. The Morgan fingerprint density at radius 3 is 2.28 bits per heavy atom. The lowest BCUT2D eigenvalue weighted by atomic mass is 10.0. The summed E-state index contributed by atoms with van der Waals surface area (Å²) in [6.07, 6.45) is -4.58. The average Bonchev–Trinajstić information content (AvgIpc) is 2.50. The van der Waals surface area contributed by atoms with Gasteiger partial charge in [0.05, 0.1) is 23.7 Å². The van der Waals surface area contributed by atoms with Gasteiger partial charge in [-0.3, -0.25) is 9.59 Å². The van der Waals surface area contributed by atoms with Gasteiger partial charge < -0.3 is 16.0 Å². The second kappa shape index (κ2) is 9.62. The van der Waals surface area contributed by atoms with Crippen LogP contribution in [0.15, 0.2) is 24.3 Å². The molecule has 25 heavy (non-hydrogen) atoms. The van der Waals surface area contributed by atoms with Crippen molar-refractivity contribution in [3.05, 3.63) is 29.8 Å². The summed E-state index contributed by atoms with van der Waals surface area (Å²) < 4.78 is 38.8. The third kappa shape index (κ3) is 6.55. The number of carbonyl (C=O) groups excluding carboxylic acids is 2. The molecule has 5 nitrogen and oxygen atoms in total. The van der Waals surface area contributed by atoms with Crippen molar-refractivity contribution in [3.8, 4) is 0 Å². The molecule has 0 fully saturated rings. The first-order valence-electron chi connectivity index (χ1n) is 7.58. The Balaban J connectivity index is 0.00000576. The molecule has 1 aromatic carbocycles. The molecule has 0 aliphatic heterocycles. The van der Waals surface area contributed by atoms with E-state index in [0.717, 1.165) is 6.07 Å². The first-order chi connectivity index (χ1) is 11.1. The van der Waals surface area contributed by atoms with Crippen molar-refractivity contribution in [2.24, 2.45) is 11.7 Å². The molecule has 0 saturated carbocycles. The van der Waals surface area contributed by atoms with Crippen LogP contribution in [-0.4, -0.2) is 35.8 Å². The third-order valence-electron chi connectivity index (χ3n) is 3.71. The van der Waals surface area contributed by atoms with Crippen molar-refractivity contribution in [3.63, 3.8) is 0 Å². The van der Waals surface area contributed by atoms with Crippen LogP contribution in [0.3, 0.4) is 0 Å². The maximum absolute atomic E-state index is 12.9. The highest BCUT2D eigenvalue weighted by atomic mass is 35.5. The summed E-state index contributed by atoms with van der Waals surface area (Å²) in [5.74, 6) is -1.49. The molecule has 0 bridgehead atoms. The summed E-state index contributed by atoms with van der Waals surface area (Å²) in [6.45, 7) is 4.92. The number of rotatable bonds is 6. The van der Waals surface area contributed by atoms with E-state index in [2.05, 4.69) is 5.32 Å². The second-order valence-corrected chi connectivity index (χ2v) is 5.59. The number of hydrogen-bond acceptors (Lipinski definition) is 3. The standard InChI is InChI=1S/C16H22F3N3O2.ClH/c1-4-22(15(24)10(2)11(3)20)9-14(23)21-13-8-6-5-7-12(13)16(17,18)19;/h5-8,10-11H,4,9,20H2,1-3H3,(H,21,23);1H. The van der Waals surface area contributed by atoms with E-state index in [9.17, 15) is 22.8 Å². The lowest BCUT2D eigenvalue weighted by molar-refractivity contribution is -0.139.